The number of carbonyl (C=O) groups excluding carboxylic acids is 1. The number of aromatic nitrogens is 1. The van der Waals surface area contributed by atoms with E-state index in [0.29, 0.717) is 15.7 Å². The van der Waals surface area contributed by atoms with Crippen LogP contribution in [0.4, 0.5) is 11.4 Å². The number of nitrogens with zero attached hydrogens (tertiary/aromatic N) is 2. The predicted molar refractivity (Wildman–Crippen MR) is 98.4 cm³/mol. The van der Waals surface area contributed by atoms with Crippen LogP contribution in [-0.4, -0.2) is 28.9 Å². The van der Waals surface area contributed by atoms with Crippen LogP contribution in [0.15, 0.2) is 36.5 Å². The van der Waals surface area contributed by atoms with E-state index in [-0.39, 0.29) is 5.91 Å². The molecular formula is C18H19Cl2N3O. The maximum absolute atomic E-state index is 12.7. The van der Waals surface area contributed by atoms with Gasteiger partial charge in [0.05, 0.1) is 10.0 Å². The highest BCUT2D eigenvalue weighted by molar-refractivity contribution is 6.42. The molecule has 1 saturated heterocycles. The average molecular weight is 364 g/mol. The summed E-state index contributed by atoms with van der Waals surface area (Å²) in [5, 5.41) is 4.22. The minimum absolute atomic E-state index is 0.00492. The van der Waals surface area contributed by atoms with Gasteiger partial charge in [-0.2, -0.15) is 0 Å². The van der Waals surface area contributed by atoms with Crippen molar-refractivity contribution in [3.8, 4) is 0 Å². The molecule has 3 rings (SSSR count). The van der Waals surface area contributed by atoms with E-state index in [2.05, 4.69) is 10.3 Å². The summed E-state index contributed by atoms with van der Waals surface area (Å²) >= 11 is 12.0. The lowest BCUT2D eigenvalue weighted by atomic mass is 10.2. The normalized spacial score (nSPS) is 15.0. The van der Waals surface area contributed by atoms with Crippen LogP contribution >= 0.6 is 23.2 Å². The number of pyridine rings is 1. The number of amides is 1. The Bertz CT molecular complexity index is 728. The Kier molecular flexibility index (Phi) is 5.59. The molecule has 1 aromatic carbocycles. The smallest absolute Gasteiger partial charge is 0.272 e. The van der Waals surface area contributed by atoms with E-state index < -0.39 is 0 Å². The monoisotopic (exact) mass is 363 g/mol. The molecule has 2 heterocycles. The Morgan fingerprint density at radius 2 is 1.67 bits per heavy atom. The minimum atomic E-state index is -0.00492. The standard InChI is InChI=1S/C18H19Cl2N3O/c19-15-6-5-13(11-16(15)20)22-14-7-8-21-17(12-14)18(24)23-9-3-1-2-4-10-23/h5-8,11-12H,1-4,9-10H2,(H,21,22). The van der Waals surface area contributed by atoms with E-state index in [1.165, 1.54) is 12.8 Å². The van der Waals surface area contributed by atoms with Gasteiger partial charge in [0.1, 0.15) is 5.69 Å². The lowest BCUT2D eigenvalue weighted by molar-refractivity contribution is 0.0756. The topological polar surface area (TPSA) is 45.2 Å². The highest BCUT2D eigenvalue weighted by Crippen LogP contribution is 2.27. The first-order valence-electron chi connectivity index (χ1n) is 8.11. The molecule has 0 saturated carbocycles. The molecule has 1 N–H and O–H groups in total. The van der Waals surface area contributed by atoms with Crippen molar-refractivity contribution in [2.45, 2.75) is 25.7 Å². The van der Waals surface area contributed by atoms with Crippen molar-refractivity contribution in [1.82, 2.24) is 9.88 Å². The molecule has 0 spiro atoms. The molecule has 1 amide bonds. The number of anilines is 2. The fourth-order valence-electron chi connectivity index (χ4n) is 2.80. The maximum atomic E-state index is 12.7. The van der Waals surface area contributed by atoms with Crippen molar-refractivity contribution in [1.29, 1.82) is 0 Å². The van der Waals surface area contributed by atoms with Crippen molar-refractivity contribution in [3.63, 3.8) is 0 Å². The van der Waals surface area contributed by atoms with Crippen LogP contribution in [0.25, 0.3) is 0 Å². The van der Waals surface area contributed by atoms with Gasteiger partial charge in [-0.05, 0) is 43.2 Å². The molecule has 6 heteroatoms. The minimum Gasteiger partial charge on any atom is -0.355 e. The fourth-order valence-corrected chi connectivity index (χ4v) is 3.10. The molecule has 2 aromatic rings. The molecule has 0 radical (unpaired) electrons. The molecule has 0 unspecified atom stereocenters. The highest BCUT2D eigenvalue weighted by Gasteiger charge is 2.18. The van der Waals surface area contributed by atoms with E-state index in [1.807, 2.05) is 17.0 Å². The van der Waals surface area contributed by atoms with Crippen LogP contribution in [0.5, 0.6) is 0 Å². The Balaban J connectivity index is 1.75. The van der Waals surface area contributed by atoms with Gasteiger partial charge in [0.2, 0.25) is 0 Å². The van der Waals surface area contributed by atoms with Gasteiger partial charge in [0.25, 0.3) is 5.91 Å². The third-order valence-corrected chi connectivity index (χ3v) is 4.82. The molecule has 1 aromatic heterocycles. The summed E-state index contributed by atoms with van der Waals surface area (Å²) < 4.78 is 0. The van der Waals surface area contributed by atoms with Gasteiger partial charge in [-0.15, -0.1) is 0 Å². The maximum Gasteiger partial charge on any atom is 0.272 e. The van der Waals surface area contributed by atoms with Crippen molar-refractivity contribution >= 4 is 40.5 Å². The Morgan fingerprint density at radius 1 is 0.958 bits per heavy atom. The molecule has 4 nitrogen and oxygen atoms in total. The predicted octanol–water partition coefficient (Wildman–Crippen LogP) is 5.15. The lowest BCUT2D eigenvalue weighted by Gasteiger charge is -2.20. The van der Waals surface area contributed by atoms with Gasteiger partial charge in [0.15, 0.2) is 0 Å². The number of hydrogen-bond acceptors (Lipinski definition) is 3. The van der Waals surface area contributed by atoms with Gasteiger partial charge < -0.3 is 10.2 Å². The van der Waals surface area contributed by atoms with Crippen molar-refractivity contribution < 1.29 is 4.79 Å². The average Bonchev–Trinajstić information content (AvgIpc) is 2.87. The first-order chi connectivity index (χ1) is 11.6. The van der Waals surface area contributed by atoms with E-state index in [0.717, 1.165) is 37.3 Å². The summed E-state index contributed by atoms with van der Waals surface area (Å²) in [6.45, 7) is 1.62. The molecule has 1 aliphatic rings. The van der Waals surface area contributed by atoms with Crippen LogP contribution in [0.1, 0.15) is 36.2 Å². The zero-order valence-electron chi connectivity index (χ0n) is 13.3. The molecule has 24 heavy (non-hydrogen) atoms. The fraction of sp³-hybridized carbons (Fsp3) is 0.333. The summed E-state index contributed by atoms with van der Waals surface area (Å²) in [6.07, 6.45) is 6.15. The number of hydrogen-bond donors (Lipinski definition) is 1. The van der Waals surface area contributed by atoms with Crippen molar-refractivity contribution in [2.24, 2.45) is 0 Å². The second-order valence-corrected chi connectivity index (χ2v) is 6.70. The van der Waals surface area contributed by atoms with Crippen LogP contribution in [0.3, 0.4) is 0 Å². The van der Waals surface area contributed by atoms with Gasteiger partial charge in [-0.1, -0.05) is 36.0 Å². The first kappa shape index (κ1) is 17.1. The Labute approximate surface area is 151 Å². The van der Waals surface area contributed by atoms with Crippen molar-refractivity contribution in [2.75, 3.05) is 18.4 Å². The summed E-state index contributed by atoms with van der Waals surface area (Å²) in [5.41, 5.74) is 2.06. The summed E-state index contributed by atoms with van der Waals surface area (Å²) in [5.74, 6) is -0.00492. The quantitative estimate of drug-likeness (QED) is 0.819. The number of benzene rings is 1. The number of halogens is 2. The number of nitrogens with one attached hydrogen (secondary N) is 1. The van der Waals surface area contributed by atoms with Crippen LogP contribution in [-0.2, 0) is 0 Å². The van der Waals surface area contributed by atoms with E-state index >= 15 is 0 Å². The Morgan fingerprint density at radius 3 is 2.38 bits per heavy atom. The molecular weight excluding hydrogens is 345 g/mol. The molecule has 126 valence electrons. The SMILES string of the molecule is O=C(c1cc(Nc2ccc(Cl)c(Cl)c2)ccn1)N1CCCCCC1. The number of likely N-dealkylation sites (tertiary alicyclic amines) is 1. The molecule has 1 aliphatic heterocycles. The molecule has 0 aliphatic carbocycles. The second kappa shape index (κ2) is 7.86. The van der Waals surface area contributed by atoms with Gasteiger partial charge in [0, 0.05) is 30.7 Å². The van der Waals surface area contributed by atoms with E-state index in [1.54, 1.807) is 24.4 Å². The third-order valence-electron chi connectivity index (χ3n) is 4.08. The third kappa shape index (κ3) is 4.19. The van der Waals surface area contributed by atoms with Crippen molar-refractivity contribution in [3.05, 3.63) is 52.3 Å². The molecule has 1 fully saturated rings. The zero-order valence-corrected chi connectivity index (χ0v) is 14.8. The van der Waals surface area contributed by atoms with Gasteiger partial charge in [-0.3, -0.25) is 9.78 Å². The van der Waals surface area contributed by atoms with Crippen LogP contribution in [0, 0.1) is 0 Å². The lowest BCUT2D eigenvalue weighted by Crippen LogP contribution is -2.32. The van der Waals surface area contributed by atoms with Gasteiger partial charge in [-0.25, -0.2) is 0 Å². The van der Waals surface area contributed by atoms with Crippen LogP contribution < -0.4 is 5.32 Å². The van der Waals surface area contributed by atoms with E-state index in [4.69, 9.17) is 23.2 Å². The van der Waals surface area contributed by atoms with E-state index in [9.17, 15) is 4.79 Å². The van der Waals surface area contributed by atoms with Crippen LogP contribution in [0.2, 0.25) is 10.0 Å². The largest absolute Gasteiger partial charge is 0.355 e. The van der Waals surface area contributed by atoms with Gasteiger partial charge >= 0.3 is 0 Å². The number of carbonyl (C=O) groups is 1. The molecule has 0 atom stereocenters. The summed E-state index contributed by atoms with van der Waals surface area (Å²) in [4.78, 5) is 18.8. The Hall–Kier alpha value is -1.78. The summed E-state index contributed by atoms with van der Waals surface area (Å²) in [7, 11) is 0. The second-order valence-electron chi connectivity index (χ2n) is 5.89. The number of rotatable bonds is 3. The zero-order chi connectivity index (χ0) is 16.9. The highest BCUT2D eigenvalue weighted by atomic mass is 35.5. The molecule has 0 bridgehead atoms. The first-order valence-corrected chi connectivity index (χ1v) is 8.86. The summed E-state index contributed by atoms with van der Waals surface area (Å²) in [6, 6.07) is 8.92.